The highest BCUT2D eigenvalue weighted by Gasteiger charge is 2.28. The molecule has 0 aliphatic heterocycles. The lowest BCUT2D eigenvalue weighted by molar-refractivity contribution is -0.149. The van der Waals surface area contributed by atoms with Crippen LogP contribution in [0.1, 0.15) is 47.5 Å². The summed E-state index contributed by atoms with van der Waals surface area (Å²) in [7, 11) is 0. The van der Waals surface area contributed by atoms with Gasteiger partial charge in [0, 0.05) is 6.42 Å². The van der Waals surface area contributed by atoms with Crippen LogP contribution >= 0.6 is 0 Å². The van der Waals surface area contributed by atoms with Gasteiger partial charge in [-0.15, -0.1) is 0 Å². The Balaban J connectivity index is 5.27. The molecule has 0 aromatic rings. The summed E-state index contributed by atoms with van der Waals surface area (Å²) in [5.74, 6) is -4.31. The molecule has 0 radical (unpaired) electrons. The van der Waals surface area contributed by atoms with E-state index in [0.29, 0.717) is 0 Å². The number of aliphatic hydroxyl groups excluding tert-OH is 1. The van der Waals surface area contributed by atoms with Gasteiger partial charge in [-0.2, -0.15) is 0 Å². The third-order valence-electron chi connectivity index (χ3n) is 2.98. The van der Waals surface area contributed by atoms with Gasteiger partial charge in [-0.3, -0.25) is 0 Å². The van der Waals surface area contributed by atoms with Gasteiger partial charge >= 0.3 is 5.97 Å². The van der Waals surface area contributed by atoms with Crippen molar-refractivity contribution in [3.63, 3.8) is 0 Å². The lowest BCUT2D eigenvalue weighted by Gasteiger charge is -2.24. The lowest BCUT2D eigenvalue weighted by atomic mass is 9.89. The molecule has 0 aromatic carbocycles. The molecule has 0 aromatic heterocycles. The van der Waals surface area contributed by atoms with Crippen molar-refractivity contribution in [2.75, 3.05) is 0 Å². The van der Waals surface area contributed by atoms with Crippen LogP contribution in [-0.2, 0) is 9.53 Å². The molecule has 22 heavy (non-hydrogen) atoms. The van der Waals surface area contributed by atoms with Gasteiger partial charge in [0.15, 0.2) is 0 Å². The number of halogens is 2. The maximum atomic E-state index is 13.0. The maximum Gasteiger partial charge on any atom is 0.342 e. The highest BCUT2D eigenvalue weighted by molar-refractivity contribution is 5.94. The summed E-state index contributed by atoms with van der Waals surface area (Å²) in [5, 5.41) is 9.88. The normalized spacial score (nSPS) is 14.9. The standard InChI is InChI=1S/C17H26F2O3/c1-8-13(20)14(15(21)22-16(4,5)6)12(3)11(2)9-10-17(7,18)19/h8,11,20H,1,3,9-10H2,2,4-7H3/b14-13-. The van der Waals surface area contributed by atoms with E-state index in [1.807, 2.05) is 0 Å². The van der Waals surface area contributed by atoms with E-state index in [1.54, 1.807) is 27.7 Å². The van der Waals surface area contributed by atoms with Gasteiger partial charge in [0.05, 0.1) is 0 Å². The second-order valence-corrected chi connectivity index (χ2v) is 6.50. The SMILES string of the molecule is C=C/C(O)=C(\C(=C)C(C)CCC(C)(F)F)C(=O)OC(C)(C)C. The van der Waals surface area contributed by atoms with Crippen molar-refractivity contribution in [2.24, 2.45) is 5.92 Å². The molecule has 0 heterocycles. The fraction of sp³-hybridized carbons (Fsp3) is 0.588. The molecule has 1 unspecified atom stereocenters. The van der Waals surface area contributed by atoms with E-state index >= 15 is 0 Å². The zero-order valence-corrected chi connectivity index (χ0v) is 14.0. The molecule has 1 N–H and O–H groups in total. The Bertz CT molecular complexity index is 465. The number of ether oxygens (including phenoxy) is 1. The van der Waals surface area contributed by atoms with Crippen LogP contribution in [0, 0.1) is 5.92 Å². The summed E-state index contributed by atoms with van der Waals surface area (Å²) < 4.78 is 31.1. The summed E-state index contributed by atoms with van der Waals surface area (Å²) in [6.45, 7) is 14.8. The largest absolute Gasteiger partial charge is 0.507 e. The van der Waals surface area contributed by atoms with Crippen LogP contribution in [0.3, 0.4) is 0 Å². The van der Waals surface area contributed by atoms with Gasteiger partial charge in [0.25, 0.3) is 0 Å². The molecule has 0 bridgehead atoms. The van der Waals surface area contributed by atoms with E-state index in [1.165, 1.54) is 0 Å². The van der Waals surface area contributed by atoms with Gasteiger partial charge in [-0.25, -0.2) is 13.6 Å². The van der Waals surface area contributed by atoms with E-state index in [2.05, 4.69) is 13.2 Å². The molecular formula is C17H26F2O3. The summed E-state index contributed by atoms with van der Waals surface area (Å²) in [4.78, 5) is 12.2. The number of esters is 1. The Labute approximate surface area is 131 Å². The number of carbonyl (C=O) groups is 1. The van der Waals surface area contributed by atoms with Gasteiger partial charge in [-0.1, -0.05) is 20.1 Å². The number of hydrogen-bond acceptors (Lipinski definition) is 3. The quantitative estimate of drug-likeness (QED) is 0.313. The summed E-state index contributed by atoms with van der Waals surface area (Å²) in [6, 6.07) is 0. The number of alkyl halides is 2. The van der Waals surface area contributed by atoms with Gasteiger partial charge in [0.2, 0.25) is 5.92 Å². The molecule has 0 aliphatic rings. The lowest BCUT2D eigenvalue weighted by Crippen LogP contribution is -2.27. The number of carbonyl (C=O) groups excluding carboxylic acids is 1. The monoisotopic (exact) mass is 316 g/mol. The van der Waals surface area contributed by atoms with Crippen molar-refractivity contribution in [2.45, 2.75) is 59.0 Å². The van der Waals surface area contributed by atoms with Gasteiger partial charge < -0.3 is 9.84 Å². The Kier molecular flexibility index (Phi) is 7.00. The maximum absolute atomic E-state index is 13.0. The molecule has 0 fully saturated rings. The Morgan fingerprint density at radius 1 is 1.32 bits per heavy atom. The molecular weight excluding hydrogens is 290 g/mol. The number of hydrogen-bond donors (Lipinski definition) is 1. The Hall–Kier alpha value is -1.65. The van der Waals surface area contributed by atoms with Crippen molar-refractivity contribution < 1.29 is 23.4 Å². The van der Waals surface area contributed by atoms with Crippen molar-refractivity contribution in [3.8, 4) is 0 Å². The minimum Gasteiger partial charge on any atom is -0.507 e. The first kappa shape index (κ1) is 20.3. The summed E-state index contributed by atoms with van der Waals surface area (Å²) in [6.07, 6.45) is 0.911. The van der Waals surface area contributed by atoms with Crippen molar-refractivity contribution in [1.29, 1.82) is 0 Å². The molecule has 1 atom stereocenters. The second-order valence-electron chi connectivity index (χ2n) is 6.50. The Morgan fingerprint density at radius 3 is 2.18 bits per heavy atom. The van der Waals surface area contributed by atoms with Crippen LogP contribution in [-0.4, -0.2) is 22.6 Å². The molecule has 0 amide bonds. The zero-order chi connectivity index (χ0) is 17.7. The van der Waals surface area contributed by atoms with Crippen LogP contribution in [0.4, 0.5) is 8.78 Å². The molecule has 0 saturated carbocycles. The number of aliphatic hydroxyl groups is 1. The average Bonchev–Trinajstić information content (AvgIpc) is 2.32. The molecule has 3 nitrogen and oxygen atoms in total. The highest BCUT2D eigenvalue weighted by atomic mass is 19.3. The van der Waals surface area contributed by atoms with E-state index in [9.17, 15) is 18.7 Å². The minimum absolute atomic E-state index is 0.114. The van der Waals surface area contributed by atoms with Crippen LogP contribution in [0.15, 0.2) is 36.1 Å². The smallest absolute Gasteiger partial charge is 0.342 e. The fourth-order valence-corrected chi connectivity index (χ4v) is 1.72. The van der Waals surface area contributed by atoms with E-state index in [4.69, 9.17) is 4.74 Å². The van der Waals surface area contributed by atoms with E-state index in [-0.39, 0.29) is 29.7 Å². The molecule has 0 aliphatic carbocycles. The third-order valence-corrected chi connectivity index (χ3v) is 2.98. The Morgan fingerprint density at radius 2 is 1.82 bits per heavy atom. The molecule has 0 rings (SSSR count). The van der Waals surface area contributed by atoms with E-state index in [0.717, 1.165) is 13.0 Å². The van der Waals surface area contributed by atoms with Crippen LogP contribution in [0.2, 0.25) is 0 Å². The van der Waals surface area contributed by atoms with Crippen LogP contribution in [0.25, 0.3) is 0 Å². The predicted octanol–water partition coefficient (Wildman–Crippen LogP) is 4.95. The van der Waals surface area contributed by atoms with Crippen molar-refractivity contribution >= 4 is 5.97 Å². The number of rotatable bonds is 7. The van der Waals surface area contributed by atoms with Gasteiger partial charge in [0.1, 0.15) is 16.9 Å². The zero-order valence-electron chi connectivity index (χ0n) is 14.0. The first-order valence-electron chi connectivity index (χ1n) is 7.14. The summed E-state index contributed by atoms with van der Waals surface area (Å²) in [5.41, 5.74) is -0.600. The molecule has 0 spiro atoms. The van der Waals surface area contributed by atoms with Crippen molar-refractivity contribution in [3.05, 3.63) is 36.1 Å². The minimum atomic E-state index is -2.79. The number of allylic oxidation sites excluding steroid dienone is 1. The molecule has 126 valence electrons. The molecule has 5 heteroatoms. The first-order valence-corrected chi connectivity index (χ1v) is 7.14. The van der Waals surface area contributed by atoms with Crippen LogP contribution in [0.5, 0.6) is 0 Å². The highest BCUT2D eigenvalue weighted by Crippen LogP contribution is 2.30. The van der Waals surface area contributed by atoms with Crippen molar-refractivity contribution in [1.82, 2.24) is 0 Å². The average molecular weight is 316 g/mol. The summed E-state index contributed by atoms with van der Waals surface area (Å²) >= 11 is 0. The van der Waals surface area contributed by atoms with Gasteiger partial charge in [-0.05, 0) is 51.7 Å². The molecule has 0 saturated heterocycles. The fourth-order valence-electron chi connectivity index (χ4n) is 1.72. The predicted molar refractivity (Wildman–Crippen MR) is 83.9 cm³/mol. The third kappa shape index (κ3) is 7.38. The second kappa shape index (κ2) is 7.56. The first-order chi connectivity index (χ1) is 9.78. The topological polar surface area (TPSA) is 46.5 Å². The van der Waals surface area contributed by atoms with Crippen LogP contribution < -0.4 is 0 Å². The van der Waals surface area contributed by atoms with E-state index < -0.39 is 23.4 Å².